The number of pyridine rings is 1. The summed E-state index contributed by atoms with van der Waals surface area (Å²) in [4.78, 5) is 44.9. The van der Waals surface area contributed by atoms with Crippen LogP contribution in [-0.2, 0) is 18.4 Å². The maximum Gasteiger partial charge on any atom is 0.339 e. The molecule has 0 spiro atoms. The number of ketones is 1. The third-order valence-electron chi connectivity index (χ3n) is 6.82. The zero-order valence-corrected chi connectivity index (χ0v) is 21.6. The van der Waals surface area contributed by atoms with E-state index >= 15 is 0 Å². The molecular formula is C32H20N2O4S. The molecule has 0 amide bonds. The van der Waals surface area contributed by atoms with Gasteiger partial charge in [-0.2, -0.15) is 0 Å². The number of nitrogens with zero attached hydrogens (tertiary/aromatic N) is 2. The highest BCUT2D eigenvalue weighted by atomic mass is 32.2. The maximum absolute atomic E-state index is 13.9. The van der Waals surface area contributed by atoms with Gasteiger partial charge in [0.1, 0.15) is 6.61 Å². The van der Waals surface area contributed by atoms with Crippen LogP contribution in [0.3, 0.4) is 0 Å². The number of aromatic nitrogens is 1. The molecule has 1 aliphatic carbocycles. The Balaban J connectivity index is 1.49. The second-order valence-electron chi connectivity index (χ2n) is 9.07. The summed E-state index contributed by atoms with van der Waals surface area (Å²) in [5, 5.41) is 0.570. The van der Waals surface area contributed by atoms with Gasteiger partial charge in [-0.1, -0.05) is 78.5 Å². The van der Waals surface area contributed by atoms with Crippen LogP contribution < -0.4 is 5.56 Å². The minimum absolute atomic E-state index is 0.0155. The topological polar surface area (TPSA) is 69.7 Å². The summed E-state index contributed by atoms with van der Waals surface area (Å²) in [6, 6.07) is 27.2. The van der Waals surface area contributed by atoms with Gasteiger partial charge in [0.2, 0.25) is 0 Å². The predicted octanol–water partition coefficient (Wildman–Crippen LogP) is 6.81. The van der Waals surface area contributed by atoms with Crippen molar-refractivity contribution in [1.29, 1.82) is 0 Å². The summed E-state index contributed by atoms with van der Waals surface area (Å²) in [6.45, 7) is 7.91. The smallest absolute Gasteiger partial charge is 0.339 e. The summed E-state index contributed by atoms with van der Waals surface area (Å²) in [6.07, 6.45) is 0. The SMILES string of the molecule is [C-]#[N+]c1c2c3c(c(Sc4ccccc4C(=O)OCc4ccccc4)ccc3n(C)c1=O)C(=O)c1ccccc1-2. The lowest BCUT2D eigenvalue weighted by Gasteiger charge is -2.24. The van der Waals surface area contributed by atoms with Crippen LogP contribution in [0.15, 0.2) is 106 Å². The molecule has 39 heavy (non-hydrogen) atoms. The molecular weight excluding hydrogens is 508 g/mol. The summed E-state index contributed by atoms with van der Waals surface area (Å²) in [5.41, 5.74) is 3.33. The van der Waals surface area contributed by atoms with Gasteiger partial charge in [-0.15, -0.1) is 0 Å². The van der Waals surface area contributed by atoms with Crippen LogP contribution in [0.1, 0.15) is 31.8 Å². The van der Waals surface area contributed by atoms with Crippen molar-refractivity contribution in [3.05, 3.63) is 135 Å². The number of benzene rings is 4. The lowest BCUT2D eigenvalue weighted by molar-refractivity contribution is 0.0468. The Kier molecular flexibility index (Phi) is 6.10. The number of fused-ring (bicyclic) bond motifs is 2. The molecule has 0 bridgehead atoms. The van der Waals surface area contributed by atoms with Gasteiger partial charge in [0.15, 0.2) is 5.78 Å². The van der Waals surface area contributed by atoms with Gasteiger partial charge in [0.25, 0.3) is 11.2 Å². The number of rotatable bonds is 5. The number of esters is 1. The molecule has 0 N–H and O–H groups in total. The normalized spacial score (nSPS) is 11.6. The molecule has 1 aliphatic rings. The zero-order valence-electron chi connectivity index (χ0n) is 20.8. The molecule has 7 heteroatoms. The van der Waals surface area contributed by atoms with Crippen molar-refractivity contribution >= 4 is 40.1 Å². The lowest BCUT2D eigenvalue weighted by atomic mass is 9.83. The number of hydrogen-bond acceptors (Lipinski definition) is 5. The molecule has 188 valence electrons. The average Bonchev–Trinajstić information content (AvgIpc) is 2.97. The van der Waals surface area contributed by atoms with Gasteiger partial charge in [-0.25, -0.2) is 9.64 Å². The molecule has 0 saturated carbocycles. The van der Waals surface area contributed by atoms with Crippen molar-refractivity contribution < 1.29 is 14.3 Å². The molecule has 1 aromatic heterocycles. The fourth-order valence-electron chi connectivity index (χ4n) is 4.95. The van der Waals surface area contributed by atoms with Crippen LogP contribution in [0.5, 0.6) is 0 Å². The Bertz CT molecular complexity index is 1920. The van der Waals surface area contributed by atoms with E-state index in [1.54, 1.807) is 55.6 Å². The minimum atomic E-state index is -0.466. The lowest BCUT2D eigenvalue weighted by Crippen LogP contribution is -2.21. The molecule has 1 heterocycles. The fraction of sp³-hybridized carbons (Fsp3) is 0.0625. The Morgan fingerprint density at radius 2 is 1.54 bits per heavy atom. The van der Waals surface area contributed by atoms with Crippen LogP contribution >= 0.6 is 11.8 Å². The van der Waals surface area contributed by atoms with Crippen molar-refractivity contribution in [2.24, 2.45) is 7.05 Å². The number of aryl methyl sites for hydroxylation is 1. The van der Waals surface area contributed by atoms with Crippen LogP contribution in [0, 0.1) is 6.57 Å². The van der Waals surface area contributed by atoms with Crippen LogP contribution in [-0.4, -0.2) is 16.3 Å². The van der Waals surface area contributed by atoms with Crippen molar-refractivity contribution in [2.75, 3.05) is 0 Å². The number of hydrogen-bond donors (Lipinski definition) is 0. The molecule has 6 nitrogen and oxygen atoms in total. The second kappa shape index (κ2) is 9.75. The summed E-state index contributed by atoms with van der Waals surface area (Å²) >= 11 is 1.29. The van der Waals surface area contributed by atoms with E-state index in [0.717, 1.165) is 5.56 Å². The highest BCUT2D eigenvalue weighted by Crippen LogP contribution is 2.47. The fourth-order valence-corrected chi connectivity index (χ4v) is 6.03. The first-order valence-corrected chi connectivity index (χ1v) is 13.0. The van der Waals surface area contributed by atoms with Gasteiger partial charge in [-0.3, -0.25) is 9.59 Å². The largest absolute Gasteiger partial charge is 0.457 e. The van der Waals surface area contributed by atoms with Crippen LogP contribution in [0.2, 0.25) is 0 Å². The Morgan fingerprint density at radius 3 is 2.31 bits per heavy atom. The first-order valence-electron chi connectivity index (χ1n) is 12.2. The standard InChI is InChI=1S/C32H20N2O4S/c1-33-29-26-20-12-6-7-13-21(20)30(35)28-25(17-16-23(27(26)28)34(2)31(29)36)39-24-15-9-8-14-22(24)32(37)38-18-19-10-4-3-5-11-19/h3-17H,18H2,2H3. The Labute approximate surface area is 228 Å². The molecule has 0 fully saturated rings. The van der Waals surface area contributed by atoms with Gasteiger partial charge in [-0.05, 0) is 35.4 Å². The van der Waals surface area contributed by atoms with E-state index in [2.05, 4.69) is 4.85 Å². The molecule has 6 rings (SSSR count). The number of ether oxygens (including phenoxy) is 1. The predicted molar refractivity (Wildman–Crippen MR) is 150 cm³/mol. The monoisotopic (exact) mass is 528 g/mol. The molecule has 0 aliphatic heterocycles. The highest BCUT2D eigenvalue weighted by molar-refractivity contribution is 7.99. The maximum atomic E-state index is 13.9. The van der Waals surface area contributed by atoms with E-state index in [1.807, 2.05) is 42.5 Å². The van der Waals surface area contributed by atoms with E-state index < -0.39 is 11.5 Å². The number of carbonyl (C=O) groups excluding carboxylic acids is 2. The quantitative estimate of drug-likeness (QED) is 0.182. The average molecular weight is 529 g/mol. The van der Waals surface area contributed by atoms with Gasteiger partial charge < -0.3 is 9.30 Å². The van der Waals surface area contributed by atoms with Gasteiger partial charge in [0.05, 0.1) is 12.1 Å². The van der Waals surface area contributed by atoms with Gasteiger partial charge >= 0.3 is 5.97 Å². The molecule has 4 aromatic carbocycles. The summed E-state index contributed by atoms with van der Waals surface area (Å²) in [5.74, 6) is -0.656. The first-order chi connectivity index (χ1) is 19.0. The molecule has 0 atom stereocenters. The summed E-state index contributed by atoms with van der Waals surface area (Å²) in [7, 11) is 1.61. The van der Waals surface area contributed by atoms with E-state index in [-0.39, 0.29) is 18.1 Å². The van der Waals surface area contributed by atoms with E-state index in [0.29, 0.717) is 48.5 Å². The minimum Gasteiger partial charge on any atom is -0.457 e. The number of carbonyl (C=O) groups is 2. The van der Waals surface area contributed by atoms with Crippen LogP contribution in [0.4, 0.5) is 5.69 Å². The third-order valence-corrected chi connectivity index (χ3v) is 7.96. The first kappa shape index (κ1) is 24.4. The van der Waals surface area contributed by atoms with Gasteiger partial charge in [0, 0.05) is 44.4 Å². The zero-order chi connectivity index (χ0) is 27.1. The Morgan fingerprint density at radius 1 is 0.846 bits per heavy atom. The molecule has 0 unspecified atom stereocenters. The van der Waals surface area contributed by atoms with E-state index in [9.17, 15) is 14.4 Å². The van der Waals surface area contributed by atoms with Crippen molar-refractivity contribution in [1.82, 2.24) is 4.57 Å². The van der Waals surface area contributed by atoms with Crippen molar-refractivity contribution in [2.45, 2.75) is 16.4 Å². The van der Waals surface area contributed by atoms with E-state index in [1.165, 1.54) is 16.3 Å². The molecule has 0 saturated heterocycles. The second-order valence-corrected chi connectivity index (χ2v) is 10.2. The summed E-state index contributed by atoms with van der Waals surface area (Å²) < 4.78 is 7.00. The van der Waals surface area contributed by atoms with Crippen molar-refractivity contribution in [3.63, 3.8) is 0 Å². The van der Waals surface area contributed by atoms with Crippen LogP contribution in [0.25, 0.3) is 26.9 Å². The Hall–Kier alpha value is -4.93. The molecule has 0 radical (unpaired) electrons. The molecule has 5 aromatic rings. The third kappa shape index (κ3) is 4.02. The van der Waals surface area contributed by atoms with Crippen molar-refractivity contribution in [3.8, 4) is 11.1 Å². The van der Waals surface area contributed by atoms with E-state index in [4.69, 9.17) is 11.3 Å². The highest BCUT2D eigenvalue weighted by Gasteiger charge is 2.32.